The molecule has 0 unspecified atom stereocenters. The Hall–Kier alpha value is -4.50. The van der Waals surface area contributed by atoms with Gasteiger partial charge in [-0.25, -0.2) is 19.3 Å². The first kappa shape index (κ1) is 27.1. The van der Waals surface area contributed by atoms with Crippen molar-refractivity contribution in [1.29, 1.82) is 0 Å². The smallest absolute Gasteiger partial charge is 0.328 e. The third-order valence-corrected chi connectivity index (χ3v) is 5.21. The number of hydrogen-bond acceptors (Lipinski definition) is 6. The zero-order valence-electron chi connectivity index (χ0n) is 20.8. The fourth-order valence-corrected chi connectivity index (χ4v) is 3.49. The summed E-state index contributed by atoms with van der Waals surface area (Å²) in [5.74, 6) is -1.63. The van der Waals surface area contributed by atoms with Crippen molar-refractivity contribution in [3.63, 3.8) is 0 Å². The fourth-order valence-electron chi connectivity index (χ4n) is 3.49. The monoisotopic (exact) mass is 502 g/mol. The number of benzene rings is 2. The Bertz CT molecular complexity index is 1320. The number of pyridine rings is 1. The second-order valence-electron chi connectivity index (χ2n) is 8.36. The van der Waals surface area contributed by atoms with Gasteiger partial charge >= 0.3 is 11.9 Å². The van der Waals surface area contributed by atoms with Gasteiger partial charge in [0, 0.05) is 29.3 Å². The summed E-state index contributed by atoms with van der Waals surface area (Å²) in [5, 5.41) is 21.5. The summed E-state index contributed by atoms with van der Waals surface area (Å²) in [6.45, 7) is 1.82. The van der Waals surface area contributed by atoms with Gasteiger partial charge < -0.3 is 19.8 Å². The highest BCUT2D eigenvalue weighted by Gasteiger charge is 2.14. The minimum absolute atomic E-state index is 0.558. The normalized spacial score (nSPS) is 10.9. The first-order chi connectivity index (χ1) is 17.8. The maximum atomic E-state index is 9.55. The van der Waals surface area contributed by atoms with Gasteiger partial charge in [-0.15, -0.1) is 0 Å². The molecule has 4 aromatic rings. The molecule has 2 heterocycles. The van der Waals surface area contributed by atoms with Crippen LogP contribution in [-0.4, -0.2) is 69.1 Å². The lowest BCUT2D eigenvalue weighted by Crippen LogP contribution is -2.13. The van der Waals surface area contributed by atoms with Crippen LogP contribution < -0.4 is 4.74 Å². The molecule has 0 radical (unpaired) electrons. The van der Waals surface area contributed by atoms with Gasteiger partial charge in [-0.3, -0.25) is 0 Å². The highest BCUT2D eigenvalue weighted by atomic mass is 16.5. The predicted octanol–water partition coefficient (Wildman–Crippen LogP) is 4.52. The third-order valence-electron chi connectivity index (χ3n) is 5.21. The van der Waals surface area contributed by atoms with E-state index < -0.39 is 11.9 Å². The molecule has 0 fully saturated rings. The molecule has 0 aliphatic rings. The minimum Gasteiger partial charge on any atom is -0.494 e. The van der Waals surface area contributed by atoms with E-state index in [4.69, 9.17) is 20.0 Å². The highest BCUT2D eigenvalue weighted by Crippen LogP contribution is 2.28. The van der Waals surface area contributed by atoms with Gasteiger partial charge in [-0.1, -0.05) is 30.3 Å². The Morgan fingerprint density at radius 1 is 0.919 bits per heavy atom. The predicted molar refractivity (Wildman–Crippen MR) is 142 cm³/mol. The summed E-state index contributed by atoms with van der Waals surface area (Å²) in [7, 11) is 4.19. The molecule has 9 nitrogen and oxygen atoms in total. The zero-order valence-corrected chi connectivity index (χ0v) is 20.8. The van der Waals surface area contributed by atoms with E-state index in [1.54, 1.807) is 6.20 Å². The molecular formula is C28H30N4O5. The fraction of sp³-hybridized carbons (Fsp3) is 0.214. The third kappa shape index (κ3) is 8.29. The molecular weight excluding hydrogens is 472 g/mol. The number of aliphatic carboxylic acids is 2. The van der Waals surface area contributed by atoms with Gasteiger partial charge in [0.1, 0.15) is 11.4 Å². The van der Waals surface area contributed by atoms with Crippen LogP contribution in [0, 0.1) is 0 Å². The Morgan fingerprint density at radius 2 is 1.59 bits per heavy atom. The molecule has 4 rings (SSSR count). The van der Waals surface area contributed by atoms with Crippen LogP contribution >= 0.6 is 0 Å². The Kier molecular flexibility index (Phi) is 9.92. The summed E-state index contributed by atoms with van der Waals surface area (Å²) < 4.78 is 7.78. The molecule has 2 aromatic carbocycles. The van der Waals surface area contributed by atoms with E-state index >= 15 is 0 Å². The molecule has 0 bridgehead atoms. The average Bonchev–Trinajstić information content (AvgIpc) is 3.28. The second kappa shape index (κ2) is 13.6. The SMILES string of the molecule is CN(C)CCCCOc1ccc(-n2nc(-c3ccccc3)c3cccnc32)cc1.O=C(O)/C=C\C(=O)O. The maximum Gasteiger partial charge on any atom is 0.328 e. The summed E-state index contributed by atoms with van der Waals surface area (Å²) in [6, 6.07) is 22.3. The van der Waals surface area contributed by atoms with Gasteiger partial charge in [-0.05, 0) is 69.9 Å². The van der Waals surface area contributed by atoms with E-state index in [2.05, 4.69) is 42.2 Å². The van der Waals surface area contributed by atoms with Crippen molar-refractivity contribution in [3.05, 3.63) is 85.1 Å². The van der Waals surface area contributed by atoms with Gasteiger partial charge in [0.2, 0.25) is 0 Å². The van der Waals surface area contributed by atoms with Crippen LogP contribution in [0.4, 0.5) is 0 Å². The first-order valence-electron chi connectivity index (χ1n) is 11.8. The molecule has 0 aliphatic carbocycles. The number of carboxylic acids is 2. The van der Waals surface area contributed by atoms with E-state index in [9.17, 15) is 9.59 Å². The zero-order chi connectivity index (χ0) is 26.6. The van der Waals surface area contributed by atoms with E-state index in [-0.39, 0.29) is 0 Å². The van der Waals surface area contributed by atoms with Crippen LogP contribution in [0.15, 0.2) is 85.1 Å². The van der Waals surface area contributed by atoms with Crippen molar-refractivity contribution in [2.24, 2.45) is 0 Å². The van der Waals surface area contributed by atoms with E-state index in [1.165, 1.54) is 0 Å². The van der Waals surface area contributed by atoms with Crippen LogP contribution in [0.2, 0.25) is 0 Å². The van der Waals surface area contributed by atoms with Crippen LogP contribution in [0.3, 0.4) is 0 Å². The van der Waals surface area contributed by atoms with Crippen molar-refractivity contribution in [2.75, 3.05) is 27.2 Å². The van der Waals surface area contributed by atoms with E-state index in [1.807, 2.05) is 53.2 Å². The highest BCUT2D eigenvalue weighted by molar-refractivity contribution is 5.92. The molecule has 0 amide bonds. The van der Waals surface area contributed by atoms with Gasteiger partial charge in [0.15, 0.2) is 5.65 Å². The number of carboxylic acid groups (broad SMARTS) is 2. The number of carbonyl (C=O) groups is 2. The Morgan fingerprint density at radius 3 is 2.22 bits per heavy atom. The lowest BCUT2D eigenvalue weighted by Gasteiger charge is -2.10. The number of aromatic nitrogens is 3. The van der Waals surface area contributed by atoms with Crippen molar-refractivity contribution in [2.45, 2.75) is 12.8 Å². The summed E-state index contributed by atoms with van der Waals surface area (Å²) >= 11 is 0. The minimum atomic E-state index is -1.26. The lowest BCUT2D eigenvalue weighted by molar-refractivity contribution is -0.134. The molecule has 37 heavy (non-hydrogen) atoms. The van der Waals surface area contributed by atoms with Gasteiger partial charge in [0.25, 0.3) is 0 Å². The molecule has 2 N–H and O–H groups in total. The maximum absolute atomic E-state index is 9.55. The largest absolute Gasteiger partial charge is 0.494 e. The number of unbranched alkanes of at least 4 members (excludes halogenated alkanes) is 1. The van der Waals surface area contributed by atoms with Crippen molar-refractivity contribution < 1.29 is 24.5 Å². The summed E-state index contributed by atoms with van der Waals surface area (Å²) in [6.07, 6.45) is 5.11. The van der Waals surface area contributed by atoms with Crippen molar-refractivity contribution >= 4 is 23.0 Å². The first-order valence-corrected chi connectivity index (χ1v) is 11.8. The molecule has 0 saturated carbocycles. The molecule has 0 spiro atoms. The average molecular weight is 503 g/mol. The van der Waals surface area contributed by atoms with Crippen LogP contribution in [-0.2, 0) is 9.59 Å². The number of ether oxygens (including phenoxy) is 1. The van der Waals surface area contributed by atoms with Crippen LogP contribution in [0.1, 0.15) is 12.8 Å². The second-order valence-corrected chi connectivity index (χ2v) is 8.36. The summed E-state index contributed by atoms with van der Waals surface area (Å²) in [5.41, 5.74) is 3.84. The number of hydrogen-bond donors (Lipinski definition) is 2. The standard InChI is InChI=1S/C24H26N4O.C4H4O4/c1-27(2)17-6-7-18-29-21-14-12-20(13-15-21)28-24-22(11-8-16-25-24)23(26-28)19-9-4-3-5-10-19;5-3(6)1-2-4(7)8/h3-5,8-16H,6-7,17-18H2,1-2H3;1-2H,(H,5,6)(H,7,8)/b;2-1-. The van der Waals surface area contributed by atoms with Crippen molar-refractivity contribution in [3.8, 4) is 22.7 Å². The Labute approximate surface area is 215 Å². The van der Waals surface area contributed by atoms with E-state index in [0.29, 0.717) is 12.2 Å². The molecule has 9 heteroatoms. The van der Waals surface area contributed by atoms with Gasteiger partial charge in [0.05, 0.1) is 12.3 Å². The van der Waals surface area contributed by atoms with Gasteiger partial charge in [-0.2, -0.15) is 5.10 Å². The topological polar surface area (TPSA) is 118 Å². The summed E-state index contributed by atoms with van der Waals surface area (Å²) in [4.78, 5) is 25.9. The van der Waals surface area contributed by atoms with Crippen LogP contribution in [0.5, 0.6) is 5.75 Å². The van der Waals surface area contributed by atoms with Crippen molar-refractivity contribution in [1.82, 2.24) is 19.7 Å². The molecule has 2 aromatic heterocycles. The lowest BCUT2D eigenvalue weighted by atomic mass is 10.1. The number of fused-ring (bicyclic) bond motifs is 1. The quantitative estimate of drug-likeness (QED) is 0.240. The molecule has 0 aliphatic heterocycles. The molecule has 0 saturated heterocycles. The number of rotatable bonds is 10. The molecule has 192 valence electrons. The number of nitrogens with zero attached hydrogens (tertiary/aromatic N) is 4. The molecule has 0 atom stereocenters. The van der Waals surface area contributed by atoms with E-state index in [0.717, 1.165) is 59.7 Å². The Balaban J connectivity index is 0.000000414. The van der Waals surface area contributed by atoms with Crippen LogP contribution in [0.25, 0.3) is 28.0 Å².